The number of aryl methyl sites for hydroxylation is 1. The molecule has 0 aliphatic rings. The highest BCUT2D eigenvalue weighted by Gasteiger charge is 2.13. The van der Waals surface area contributed by atoms with Crippen LogP contribution in [-0.4, -0.2) is 20.7 Å². The van der Waals surface area contributed by atoms with Crippen LogP contribution in [0.25, 0.3) is 21.0 Å². The zero-order valence-corrected chi connectivity index (χ0v) is 16.1. The molecule has 6 nitrogen and oxygen atoms in total. The van der Waals surface area contributed by atoms with Gasteiger partial charge in [-0.25, -0.2) is 9.67 Å². The van der Waals surface area contributed by atoms with Gasteiger partial charge in [0.15, 0.2) is 5.13 Å². The van der Waals surface area contributed by atoms with Gasteiger partial charge >= 0.3 is 0 Å². The lowest BCUT2D eigenvalue weighted by Gasteiger charge is -2.08. The van der Waals surface area contributed by atoms with E-state index in [1.807, 2.05) is 37.3 Å². The minimum Gasteiger partial charge on any atom is -0.300 e. The van der Waals surface area contributed by atoms with Crippen molar-refractivity contribution in [3.8, 4) is 0 Å². The molecule has 0 aliphatic heterocycles. The van der Waals surface area contributed by atoms with Crippen LogP contribution >= 0.6 is 27.3 Å². The van der Waals surface area contributed by atoms with Gasteiger partial charge in [-0.1, -0.05) is 45.5 Å². The van der Waals surface area contributed by atoms with Gasteiger partial charge in [-0.2, -0.15) is 5.10 Å². The smallest absolute Gasteiger partial charge is 0.275 e. The molecule has 1 amide bonds. The Bertz CT molecular complexity index is 1210. The molecule has 0 aliphatic carbocycles. The maximum Gasteiger partial charge on any atom is 0.275 e. The molecule has 2 aromatic carbocycles. The first-order chi connectivity index (χ1) is 12.5. The van der Waals surface area contributed by atoms with Crippen molar-refractivity contribution in [3.05, 3.63) is 63.0 Å². The van der Waals surface area contributed by atoms with Crippen LogP contribution in [0.15, 0.2) is 51.7 Å². The number of hydrogen-bond acceptors (Lipinski definition) is 5. The van der Waals surface area contributed by atoms with Gasteiger partial charge in [0.05, 0.1) is 21.3 Å². The number of thiazole rings is 1. The number of nitrogens with zero attached hydrogens (tertiary/aromatic N) is 3. The summed E-state index contributed by atoms with van der Waals surface area (Å²) in [5, 5.41) is 8.85. The van der Waals surface area contributed by atoms with Crippen molar-refractivity contribution in [2.45, 2.75) is 13.5 Å². The highest BCUT2D eigenvalue weighted by atomic mass is 79.9. The van der Waals surface area contributed by atoms with Crippen LogP contribution in [0.2, 0.25) is 0 Å². The number of carbonyl (C=O) groups excluding carboxylic acids is 1. The summed E-state index contributed by atoms with van der Waals surface area (Å²) in [7, 11) is 0. The van der Waals surface area contributed by atoms with Crippen LogP contribution in [0.3, 0.4) is 0 Å². The van der Waals surface area contributed by atoms with Crippen molar-refractivity contribution in [1.29, 1.82) is 0 Å². The van der Waals surface area contributed by atoms with E-state index in [0.717, 1.165) is 20.1 Å². The highest BCUT2D eigenvalue weighted by Crippen LogP contribution is 2.28. The van der Waals surface area contributed by atoms with Crippen LogP contribution in [0.1, 0.15) is 5.69 Å². The van der Waals surface area contributed by atoms with E-state index in [9.17, 15) is 9.59 Å². The molecule has 4 aromatic rings. The first-order valence-corrected chi connectivity index (χ1v) is 9.44. The van der Waals surface area contributed by atoms with E-state index in [4.69, 9.17) is 0 Å². The number of halogens is 1. The number of rotatable bonds is 3. The summed E-state index contributed by atoms with van der Waals surface area (Å²) in [5.41, 5.74) is 1.23. The minimum absolute atomic E-state index is 0.163. The van der Waals surface area contributed by atoms with Crippen LogP contribution in [-0.2, 0) is 11.3 Å². The molecule has 4 rings (SSSR count). The monoisotopic (exact) mass is 428 g/mol. The van der Waals surface area contributed by atoms with Gasteiger partial charge in [-0.3, -0.25) is 9.59 Å². The standard InChI is InChI=1S/C18H13BrN4O2S/c1-10-12-4-2-3-5-13(12)17(25)23(22-10)9-16(24)21-18-20-14-7-6-11(19)8-15(14)26-18/h2-8H,9H2,1H3,(H,20,21,24). The Kier molecular flexibility index (Phi) is 4.29. The molecule has 0 spiro atoms. The summed E-state index contributed by atoms with van der Waals surface area (Å²) in [4.78, 5) is 29.3. The Morgan fingerprint density at radius 2 is 2.00 bits per heavy atom. The van der Waals surface area contributed by atoms with Gasteiger partial charge in [0.25, 0.3) is 5.56 Å². The van der Waals surface area contributed by atoms with Crippen LogP contribution in [0.5, 0.6) is 0 Å². The van der Waals surface area contributed by atoms with Crippen molar-refractivity contribution >= 4 is 59.3 Å². The largest absolute Gasteiger partial charge is 0.300 e. The summed E-state index contributed by atoms with van der Waals surface area (Å²) in [6, 6.07) is 13.0. The first-order valence-electron chi connectivity index (χ1n) is 7.84. The van der Waals surface area contributed by atoms with Crippen molar-refractivity contribution in [3.63, 3.8) is 0 Å². The van der Waals surface area contributed by atoms with Gasteiger partial charge < -0.3 is 5.32 Å². The van der Waals surface area contributed by atoms with Gasteiger partial charge in [-0.15, -0.1) is 0 Å². The minimum atomic E-state index is -0.340. The van der Waals surface area contributed by atoms with Gasteiger partial charge in [-0.05, 0) is 31.2 Å². The third-order valence-electron chi connectivity index (χ3n) is 3.94. The van der Waals surface area contributed by atoms with Crippen molar-refractivity contribution in [2.75, 3.05) is 5.32 Å². The molecule has 0 saturated carbocycles. The average molecular weight is 429 g/mol. The van der Waals surface area contributed by atoms with Crippen LogP contribution < -0.4 is 10.9 Å². The second-order valence-electron chi connectivity index (χ2n) is 5.77. The second-order valence-corrected chi connectivity index (χ2v) is 7.72. The zero-order valence-electron chi connectivity index (χ0n) is 13.7. The number of aromatic nitrogens is 3. The van der Waals surface area contributed by atoms with Gasteiger partial charge in [0, 0.05) is 9.86 Å². The molecule has 0 unspecified atom stereocenters. The van der Waals surface area contributed by atoms with E-state index in [1.165, 1.54) is 16.0 Å². The third-order valence-corrected chi connectivity index (χ3v) is 5.37. The summed E-state index contributed by atoms with van der Waals surface area (Å²) in [6.07, 6.45) is 0. The predicted octanol–water partition coefficient (Wildman–Crippen LogP) is 3.72. The second kappa shape index (κ2) is 6.62. The van der Waals surface area contributed by atoms with E-state index < -0.39 is 0 Å². The molecule has 2 heterocycles. The highest BCUT2D eigenvalue weighted by molar-refractivity contribution is 9.10. The lowest BCUT2D eigenvalue weighted by Crippen LogP contribution is -2.30. The van der Waals surface area contributed by atoms with Crippen molar-refractivity contribution < 1.29 is 4.79 Å². The summed E-state index contributed by atoms with van der Waals surface area (Å²) in [6.45, 7) is 1.66. The fourth-order valence-corrected chi connectivity index (χ4v) is 4.19. The van der Waals surface area contributed by atoms with E-state index in [0.29, 0.717) is 16.2 Å². The van der Waals surface area contributed by atoms with E-state index in [2.05, 4.69) is 31.3 Å². The Morgan fingerprint density at radius 3 is 2.81 bits per heavy atom. The molecule has 0 atom stereocenters. The molecular formula is C18H13BrN4O2S. The summed E-state index contributed by atoms with van der Waals surface area (Å²) >= 11 is 4.80. The number of amides is 1. The number of anilines is 1. The quantitative estimate of drug-likeness (QED) is 0.539. The van der Waals surface area contributed by atoms with Gasteiger partial charge in [0.1, 0.15) is 6.54 Å². The Labute approximate surface area is 160 Å². The van der Waals surface area contributed by atoms with E-state index >= 15 is 0 Å². The predicted molar refractivity (Wildman–Crippen MR) is 107 cm³/mol. The van der Waals surface area contributed by atoms with E-state index in [-0.39, 0.29) is 18.0 Å². The SMILES string of the molecule is Cc1nn(CC(=O)Nc2nc3ccc(Br)cc3s2)c(=O)c2ccccc12. The normalized spacial score (nSPS) is 11.2. The lowest BCUT2D eigenvalue weighted by atomic mass is 10.1. The molecule has 0 saturated heterocycles. The number of fused-ring (bicyclic) bond motifs is 2. The fourth-order valence-electron chi connectivity index (χ4n) is 2.76. The molecule has 8 heteroatoms. The van der Waals surface area contributed by atoms with Crippen molar-refractivity contribution in [2.24, 2.45) is 0 Å². The zero-order chi connectivity index (χ0) is 18.3. The maximum atomic E-state index is 12.5. The maximum absolute atomic E-state index is 12.5. The third kappa shape index (κ3) is 3.13. The van der Waals surface area contributed by atoms with Crippen LogP contribution in [0, 0.1) is 6.92 Å². The topological polar surface area (TPSA) is 76.9 Å². The summed E-state index contributed by atoms with van der Waals surface area (Å²) < 4.78 is 3.11. The van der Waals surface area contributed by atoms with Crippen LogP contribution in [0.4, 0.5) is 5.13 Å². The average Bonchev–Trinajstić information content (AvgIpc) is 3.00. The fraction of sp³-hybridized carbons (Fsp3) is 0.111. The summed E-state index contributed by atoms with van der Waals surface area (Å²) in [5.74, 6) is -0.340. The molecule has 1 N–H and O–H groups in total. The molecule has 130 valence electrons. The molecular weight excluding hydrogens is 416 g/mol. The molecule has 2 aromatic heterocycles. The Hall–Kier alpha value is -2.58. The number of carbonyl (C=O) groups is 1. The molecule has 0 radical (unpaired) electrons. The molecule has 26 heavy (non-hydrogen) atoms. The number of benzene rings is 2. The Balaban J connectivity index is 1.60. The lowest BCUT2D eigenvalue weighted by molar-refractivity contribution is -0.117. The number of nitrogens with one attached hydrogen (secondary N) is 1. The number of hydrogen-bond donors (Lipinski definition) is 1. The first kappa shape index (κ1) is 16.9. The molecule has 0 bridgehead atoms. The van der Waals surface area contributed by atoms with Crippen molar-refractivity contribution in [1.82, 2.24) is 14.8 Å². The van der Waals surface area contributed by atoms with Gasteiger partial charge in [0.2, 0.25) is 5.91 Å². The van der Waals surface area contributed by atoms with E-state index in [1.54, 1.807) is 12.1 Å². The Morgan fingerprint density at radius 1 is 1.23 bits per heavy atom. The molecule has 0 fully saturated rings.